The van der Waals surface area contributed by atoms with E-state index in [0.717, 1.165) is 36.3 Å². The van der Waals surface area contributed by atoms with Gasteiger partial charge in [0.25, 0.3) is 0 Å². The summed E-state index contributed by atoms with van der Waals surface area (Å²) in [5.74, 6) is -1.17. The molecule has 0 spiro atoms. The van der Waals surface area contributed by atoms with Crippen LogP contribution in [0.3, 0.4) is 0 Å². The van der Waals surface area contributed by atoms with Gasteiger partial charge in [0, 0.05) is 25.3 Å². The van der Waals surface area contributed by atoms with Crippen LogP contribution in [0.2, 0.25) is 0 Å². The molecule has 1 N–H and O–H groups in total. The molecule has 3 heterocycles. The van der Waals surface area contributed by atoms with E-state index in [2.05, 4.69) is 36.8 Å². The molecule has 10 heteroatoms. The number of H-pyrrole nitrogens is 1. The van der Waals surface area contributed by atoms with E-state index in [1.54, 1.807) is 24.3 Å². The Morgan fingerprint density at radius 3 is 2.38 bits per heavy atom. The summed E-state index contributed by atoms with van der Waals surface area (Å²) < 4.78 is 7.93. The lowest BCUT2D eigenvalue weighted by atomic mass is 9.82. The molecule has 2 unspecified atom stereocenters. The number of aromatic amines is 1. The molecule has 37 heavy (non-hydrogen) atoms. The number of benzene rings is 3. The maximum atomic E-state index is 14.0. The number of rotatable bonds is 5. The van der Waals surface area contributed by atoms with Crippen LogP contribution in [0.4, 0.5) is 5.69 Å². The molecule has 1 aromatic heterocycles. The third-order valence-electron chi connectivity index (χ3n) is 6.45. The van der Waals surface area contributed by atoms with Gasteiger partial charge in [-0.05, 0) is 48.0 Å². The Morgan fingerprint density at radius 1 is 0.892 bits per heavy atom. The number of thioether (sulfide) groups is 1. The summed E-state index contributed by atoms with van der Waals surface area (Å²) in [6.45, 7) is 0.346. The zero-order valence-corrected chi connectivity index (χ0v) is 23.8. The number of carbonyl (C=O) groups is 2. The van der Waals surface area contributed by atoms with Gasteiger partial charge in [-0.2, -0.15) is 0 Å². The quantitative estimate of drug-likeness (QED) is 0.254. The Labute approximate surface area is 237 Å². The van der Waals surface area contributed by atoms with Gasteiger partial charge in [-0.3, -0.25) is 14.4 Å². The molecule has 4 aromatic rings. The van der Waals surface area contributed by atoms with Gasteiger partial charge in [0.2, 0.25) is 11.8 Å². The second kappa shape index (κ2) is 9.90. The third kappa shape index (κ3) is 4.50. The predicted molar refractivity (Wildman–Crippen MR) is 151 cm³/mol. The first-order valence-corrected chi connectivity index (χ1v) is 14.7. The van der Waals surface area contributed by atoms with E-state index in [-0.39, 0.29) is 16.7 Å². The second-order valence-corrected chi connectivity index (χ2v) is 12.7. The molecule has 6 rings (SSSR count). The zero-order chi connectivity index (χ0) is 25.7. The molecule has 0 bridgehead atoms. The first-order chi connectivity index (χ1) is 17.9. The van der Waals surface area contributed by atoms with Crippen molar-refractivity contribution < 1.29 is 14.3 Å². The maximum Gasteiger partial charge on any atom is 0.305 e. The number of amides is 2. The van der Waals surface area contributed by atoms with E-state index in [0.29, 0.717) is 23.1 Å². The molecule has 186 valence electrons. The number of nitrogens with zero attached hydrogens (tertiary/aromatic N) is 1. The summed E-state index contributed by atoms with van der Waals surface area (Å²) >= 11 is 9.32. The number of halogens is 2. The molecule has 6 nitrogen and oxygen atoms in total. The van der Waals surface area contributed by atoms with Crippen LogP contribution in [0.5, 0.6) is 5.75 Å². The largest absolute Gasteiger partial charge is 0.489 e. The molecule has 3 aromatic carbocycles. The van der Waals surface area contributed by atoms with Crippen LogP contribution in [0.1, 0.15) is 21.9 Å². The van der Waals surface area contributed by atoms with Gasteiger partial charge in [0.15, 0.2) is 0 Å². The van der Waals surface area contributed by atoms with Crippen molar-refractivity contribution in [2.75, 3.05) is 4.90 Å². The summed E-state index contributed by atoms with van der Waals surface area (Å²) in [4.78, 5) is 44.7. The van der Waals surface area contributed by atoms with Gasteiger partial charge in [-0.15, -0.1) is 0 Å². The molecule has 2 amide bonds. The number of carbonyl (C=O) groups excluding carboxylic acids is 2. The maximum absolute atomic E-state index is 14.0. The van der Waals surface area contributed by atoms with E-state index in [1.165, 1.54) is 16.7 Å². The van der Waals surface area contributed by atoms with Crippen molar-refractivity contribution in [2.45, 2.75) is 22.8 Å². The summed E-state index contributed by atoms with van der Waals surface area (Å²) in [5.41, 5.74) is 2.29. The molecule has 0 saturated carbocycles. The van der Waals surface area contributed by atoms with E-state index in [1.807, 2.05) is 48.5 Å². The van der Waals surface area contributed by atoms with Gasteiger partial charge in [0.05, 0.1) is 16.6 Å². The number of fused-ring (bicyclic) bond motifs is 2. The van der Waals surface area contributed by atoms with Gasteiger partial charge >= 0.3 is 4.87 Å². The smallest absolute Gasteiger partial charge is 0.305 e. The summed E-state index contributed by atoms with van der Waals surface area (Å²) in [5, 5.41) is -0.0334. The van der Waals surface area contributed by atoms with Crippen LogP contribution in [0.15, 0.2) is 91.6 Å². The fourth-order valence-electron chi connectivity index (χ4n) is 4.83. The Balaban J connectivity index is 1.45. The summed E-state index contributed by atoms with van der Waals surface area (Å²) in [6.07, 6.45) is 0. The van der Waals surface area contributed by atoms with Crippen LogP contribution in [-0.2, 0) is 16.2 Å². The first-order valence-electron chi connectivity index (χ1n) is 11.4. The standard InChI is InChI=1S/C27H18Br2N2O4S2/c28-15-6-9-17(10-7-15)31-25(32)21-20(22-24(30-27(34)37-22)36-23(21)26(31)33)18-12-16(29)8-11-19(18)35-13-14-4-2-1-3-5-14/h1-12,20-21,23H,13H2,(H,30,34)/t20-,21?,23?/m1/s1. The van der Waals surface area contributed by atoms with Crippen LogP contribution in [0, 0.1) is 5.92 Å². The normalized spacial score (nSPS) is 20.6. The average molecular weight is 658 g/mol. The van der Waals surface area contributed by atoms with Crippen molar-refractivity contribution in [1.82, 2.24) is 4.98 Å². The van der Waals surface area contributed by atoms with Gasteiger partial charge < -0.3 is 9.72 Å². The SMILES string of the molecule is O=C1C2Sc3[nH]c(=O)sc3[C@H](c3cc(Br)ccc3OCc3ccccc3)C2C(=O)N1c1ccc(Br)cc1. The minimum Gasteiger partial charge on any atom is -0.489 e. The molecule has 1 fully saturated rings. The fourth-order valence-corrected chi connectivity index (χ4v) is 7.98. The van der Waals surface area contributed by atoms with Crippen molar-refractivity contribution >= 4 is 72.5 Å². The Kier molecular flexibility index (Phi) is 6.60. The van der Waals surface area contributed by atoms with E-state index in [4.69, 9.17) is 4.74 Å². The van der Waals surface area contributed by atoms with Gasteiger partial charge in [0.1, 0.15) is 17.6 Å². The Bertz CT molecular complexity index is 1570. The van der Waals surface area contributed by atoms with Gasteiger partial charge in [-0.25, -0.2) is 4.90 Å². The van der Waals surface area contributed by atoms with E-state index in [9.17, 15) is 14.4 Å². The lowest BCUT2D eigenvalue weighted by molar-refractivity contribution is -0.122. The average Bonchev–Trinajstić information content (AvgIpc) is 3.39. The molecular weight excluding hydrogens is 640 g/mol. The van der Waals surface area contributed by atoms with Crippen LogP contribution >= 0.6 is 55.0 Å². The first kappa shape index (κ1) is 24.7. The lowest BCUT2D eigenvalue weighted by Crippen LogP contribution is -2.32. The minimum absolute atomic E-state index is 0.214. The number of thiazole rings is 1. The number of hydrogen-bond donors (Lipinski definition) is 1. The van der Waals surface area contributed by atoms with Crippen LogP contribution < -0.4 is 14.5 Å². The van der Waals surface area contributed by atoms with Crippen molar-refractivity contribution in [1.29, 1.82) is 0 Å². The molecule has 2 aliphatic rings. The molecular formula is C27H18Br2N2O4S2. The Hall–Kier alpha value is -2.66. The number of imide groups is 1. The summed E-state index contributed by atoms with van der Waals surface area (Å²) in [6, 6.07) is 22.6. The highest BCUT2D eigenvalue weighted by Gasteiger charge is 2.56. The van der Waals surface area contributed by atoms with Crippen molar-refractivity contribution in [3.05, 3.63) is 107 Å². The number of aromatic nitrogens is 1. The van der Waals surface area contributed by atoms with Crippen LogP contribution in [-0.4, -0.2) is 22.0 Å². The topological polar surface area (TPSA) is 79.5 Å². The number of hydrogen-bond acceptors (Lipinski definition) is 6. The van der Waals surface area contributed by atoms with Crippen molar-refractivity contribution in [2.24, 2.45) is 5.92 Å². The highest BCUT2D eigenvalue weighted by molar-refractivity contribution is 9.10. The molecule has 0 radical (unpaired) electrons. The highest BCUT2D eigenvalue weighted by atomic mass is 79.9. The van der Waals surface area contributed by atoms with Crippen LogP contribution in [0.25, 0.3) is 0 Å². The fraction of sp³-hybridized carbons (Fsp3) is 0.148. The van der Waals surface area contributed by atoms with Crippen molar-refractivity contribution in [3.63, 3.8) is 0 Å². The number of anilines is 1. The monoisotopic (exact) mass is 656 g/mol. The second-order valence-electron chi connectivity index (χ2n) is 8.69. The number of ether oxygens (including phenoxy) is 1. The third-order valence-corrected chi connectivity index (χ3v) is 9.88. The summed E-state index contributed by atoms with van der Waals surface area (Å²) in [7, 11) is 0. The van der Waals surface area contributed by atoms with E-state index < -0.39 is 17.1 Å². The molecule has 1 saturated heterocycles. The van der Waals surface area contributed by atoms with Crippen molar-refractivity contribution in [3.8, 4) is 5.75 Å². The molecule has 2 aliphatic heterocycles. The van der Waals surface area contributed by atoms with Gasteiger partial charge in [-0.1, -0.05) is 85.3 Å². The molecule has 0 aliphatic carbocycles. The predicted octanol–water partition coefficient (Wildman–Crippen LogP) is 6.34. The highest BCUT2D eigenvalue weighted by Crippen LogP contribution is 2.54. The minimum atomic E-state index is -0.687. The lowest BCUT2D eigenvalue weighted by Gasteiger charge is -2.31. The van der Waals surface area contributed by atoms with E-state index >= 15 is 0 Å². The molecule has 3 atom stereocenters. The number of nitrogens with one attached hydrogen (secondary N) is 1. The Morgan fingerprint density at radius 2 is 1.62 bits per heavy atom. The zero-order valence-electron chi connectivity index (χ0n) is 19.0.